The van der Waals surface area contributed by atoms with Gasteiger partial charge in [-0.2, -0.15) is 0 Å². The summed E-state index contributed by atoms with van der Waals surface area (Å²) in [5.74, 6) is 0. The van der Waals surface area contributed by atoms with Crippen LogP contribution in [0.25, 0.3) is 0 Å². The second-order valence-electron chi connectivity index (χ2n) is 4.63. The Morgan fingerprint density at radius 2 is 2.23 bits per heavy atom. The molecule has 1 heterocycles. The fourth-order valence-electron chi connectivity index (χ4n) is 1.92. The fourth-order valence-corrected chi connectivity index (χ4v) is 2.22. The normalized spacial score (nSPS) is 43.2. The summed E-state index contributed by atoms with van der Waals surface area (Å²) in [5.41, 5.74) is 0.143. The summed E-state index contributed by atoms with van der Waals surface area (Å²) in [6, 6.07) is 0. The van der Waals surface area contributed by atoms with E-state index in [1.54, 1.807) is 0 Å². The first-order valence-corrected chi connectivity index (χ1v) is 5.41. The number of ether oxygens (including phenoxy) is 2. The second kappa shape index (κ2) is 3.41. The van der Waals surface area contributed by atoms with Gasteiger partial charge >= 0.3 is 0 Å². The van der Waals surface area contributed by atoms with Gasteiger partial charge in [-0.1, -0.05) is 13.8 Å². The van der Waals surface area contributed by atoms with Gasteiger partial charge in [0.2, 0.25) is 0 Å². The van der Waals surface area contributed by atoms with E-state index in [0.29, 0.717) is 12.2 Å². The van der Waals surface area contributed by atoms with Gasteiger partial charge in [0, 0.05) is 17.4 Å². The van der Waals surface area contributed by atoms with Crippen molar-refractivity contribution in [2.75, 3.05) is 13.2 Å². The Labute approximate surface area is 84.5 Å². The van der Waals surface area contributed by atoms with Gasteiger partial charge in [0.1, 0.15) is 0 Å². The van der Waals surface area contributed by atoms with Crippen LogP contribution in [0.1, 0.15) is 26.7 Å². The highest BCUT2D eigenvalue weighted by molar-refractivity contribution is 6.21. The summed E-state index contributed by atoms with van der Waals surface area (Å²) in [6.07, 6.45) is 2.68. The van der Waals surface area contributed by atoms with Crippen molar-refractivity contribution in [3.63, 3.8) is 0 Å². The molecule has 13 heavy (non-hydrogen) atoms. The van der Waals surface area contributed by atoms with Gasteiger partial charge in [-0.3, -0.25) is 0 Å². The van der Waals surface area contributed by atoms with Gasteiger partial charge in [-0.25, -0.2) is 0 Å². The van der Waals surface area contributed by atoms with Crippen molar-refractivity contribution >= 4 is 11.6 Å². The van der Waals surface area contributed by atoms with Gasteiger partial charge in [-0.05, 0) is 12.8 Å². The van der Waals surface area contributed by atoms with Crippen LogP contribution in [0.4, 0.5) is 0 Å². The molecule has 0 amide bonds. The first-order chi connectivity index (χ1) is 6.10. The van der Waals surface area contributed by atoms with Crippen LogP contribution in [0.5, 0.6) is 0 Å². The molecule has 0 aromatic rings. The molecule has 1 aliphatic heterocycles. The lowest BCUT2D eigenvalue weighted by Gasteiger charge is -2.49. The van der Waals surface area contributed by atoms with Crippen LogP contribution in [0, 0.1) is 5.41 Å². The van der Waals surface area contributed by atoms with Crippen LogP contribution < -0.4 is 0 Å². The summed E-state index contributed by atoms with van der Waals surface area (Å²) in [6.45, 7) is 5.96. The molecule has 0 spiro atoms. The van der Waals surface area contributed by atoms with Gasteiger partial charge in [0.25, 0.3) is 0 Å². The number of rotatable bonds is 2. The summed E-state index contributed by atoms with van der Waals surface area (Å²) < 4.78 is 11.2. The van der Waals surface area contributed by atoms with Crippen molar-refractivity contribution < 1.29 is 9.47 Å². The molecular formula is C10H17ClO2. The molecule has 0 N–H and O–H groups in total. The molecule has 3 atom stereocenters. The highest BCUT2D eigenvalue weighted by atomic mass is 35.5. The maximum Gasteiger partial charge on any atom is 0.0834 e. The van der Waals surface area contributed by atoms with Crippen LogP contribution >= 0.6 is 11.6 Å². The van der Waals surface area contributed by atoms with E-state index in [0.717, 1.165) is 26.1 Å². The van der Waals surface area contributed by atoms with E-state index in [9.17, 15) is 0 Å². The second-order valence-corrected chi connectivity index (χ2v) is 5.16. The molecule has 2 nitrogen and oxygen atoms in total. The van der Waals surface area contributed by atoms with Gasteiger partial charge in [0.15, 0.2) is 0 Å². The van der Waals surface area contributed by atoms with E-state index in [1.165, 1.54) is 0 Å². The zero-order valence-electron chi connectivity index (χ0n) is 8.25. The fraction of sp³-hybridized carbons (Fsp3) is 1.00. The van der Waals surface area contributed by atoms with Gasteiger partial charge < -0.3 is 9.47 Å². The van der Waals surface area contributed by atoms with Crippen molar-refractivity contribution in [2.45, 2.75) is 44.3 Å². The number of halogens is 1. The first-order valence-electron chi connectivity index (χ1n) is 4.98. The third-order valence-electron chi connectivity index (χ3n) is 3.30. The lowest BCUT2D eigenvalue weighted by Crippen LogP contribution is -2.53. The van der Waals surface area contributed by atoms with Crippen LogP contribution in [0.3, 0.4) is 0 Å². The SMILES string of the molecule is CC1(C)C(Cl)CC1OC1CCOC1. The molecule has 3 heteroatoms. The standard InChI is InChI=1S/C10H17ClO2/c1-10(2)8(11)5-9(10)13-7-3-4-12-6-7/h7-9H,3-6H2,1-2H3. The van der Waals surface area contributed by atoms with Crippen LogP contribution in [-0.4, -0.2) is 30.8 Å². The molecule has 1 aliphatic carbocycles. The highest BCUT2D eigenvalue weighted by Gasteiger charge is 2.49. The largest absolute Gasteiger partial charge is 0.379 e. The topological polar surface area (TPSA) is 18.5 Å². The molecule has 1 saturated heterocycles. The summed E-state index contributed by atoms with van der Waals surface area (Å²) >= 11 is 6.11. The molecule has 0 radical (unpaired) electrons. The Morgan fingerprint density at radius 3 is 2.69 bits per heavy atom. The van der Waals surface area contributed by atoms with Crippen LogP contribution in [-0.2, 0) is 9.47 Å². The predicted molar refractivity (Wildman–Crippen MR) is 52.1 cm³/mol. The maximum absolute atomic E-state index is 6.11. The maximum atomic E-state index is 6.11. The average molecular weight is 205 g/mol. The molecule has 0 aromatic heterocycles. The minimum absolute atomic E-state index is 0.143. The van der Waals surface area contributed by atoms with Crippen molar-refractivity contribution in [2.24, 2.45) is 5.41 Å². The van der Waals surface area contributed by atoms with E-state index in [4.69, 9.17) is 21.1 Å². The minimum Gasteiger partial charge on any atom is -0.379 e. The Balaban J connectivity index is 1.83. The number of hydrogen-bond donors (Lipinski definition) is 0. The highest BCUT2D eigenvalue weighted by Crippen LogP contribution is 2.46. The molecule has 76 valence electrons. The third-order valence-corrected chi connectivity index (χ3v) is 4.04. The summed E-state index contributed by atoms with van der Waals surface area (Å²) in [7, 11) is 0. The van der Waals surface area contributed by atoms with Crippen LogP contribution in [0.15, 0.2) is 0 Å². The van der Waals surface area contributed by atoms with Crippen LogP contribution in [0.2, 0.25) is 0 Å². The molecule has 2 aliphatic rings. The number of hydrogen-bond acceptors (Lipinski definition) is 2. The minimum atomic E-state index is 0.143. The van der Waals surface area contributed by atoms with Gasteiger partial charge in [0.05, 0.1) is 18.8 Å². The van der Waals surface area contributed by atoms with Crippen molar-refractivity contribution in [3.05, 3.63) is 0 Å². The Kier molecular flexibility index (Phi) is 2.56. The molecule has 0 aromatic carbocycles. The molecule has 3 unspecified atom stereocenters. The smallest absolute Gasteiger partial charge is 0.0834 e. The Morgan fingerprint density at radius 1 is 1.46 bits per heavy atom. The Bertz CT molecular complexity index is 187. The van der Waals surface area contributed by atoms with Crippen molar-refractivity contribution in [3.8, 4) is 0 Å². The van der Waals surface area contributed by atoms with Crippen molar-refractivity contribution in [1.82, 2.24) is 0 Å². The Hall–Kier alpha value is 0.210. The lowest BCUT2D eigenvalue weighted by atomic mass is 9.68. The van der Waals surface area contributed by atoms with E-state index in [1.807, 2.05) is 0 Å². The quantitative estimate of drug-likeness (QED) is 0.643. The van der Waals surface area contributed by atoms with E-state index < -0.39 is 0 Å². The van der Waals surface area contributed by atoms with E-state index >= 15 is 0 Å². The predicted octanol–water partition coefficient (Wildman–Crippen LogP) is 2.20. The zero-order valence-corrected chi connectivity index (χ0v) is 9.01. The van der Waals surface area contributed by atoms with E-state index in [2.05, 4.69) is 13.8 Å². The average Bonchev–Trinajstić information content (AvgIpc) is 2.56. The molecule has 1 saturated carbocycles. The lowest BCUT2D eigenvalue weighted by molar-refractivity contribution is -0.123. The van der Waals surface area contributed by atoms with Crippen molar-refractivity contribution in [1.29, 1.82) is 0 Å². The molecule has 2 fully saturated rings. The molecule has 2 rings (SSSR count). The zero-order chi connectivity index (χ0) is 9.47. The summed E-state index contributed by atoms with van der Waals surface area (Å²) in [4.78, 5) is 0. The van der Waals surface area contributed by atoms with E-state index in [-0.39, 0.29) is 10.8 Å². The number of alkyl halides is 1. The molecule has 0 bridgehead atoms. The monoisotopic (exact) mass is 204 g/mol. The first kappa shape index (κ1) is 9.75. The molecular weight excluding hydrogens is 188 g/mol. The third kappa shape index (κ3) is 1.72. The summed E-state index contributed by atoms with van der Waals surface area (Å²) in [5, 5.41) is 0.278. The van der Waals surface area contributed by atoms with Gasteiger partial charge in [-0.15, -0.1) is 11.6 Å².